The lowest BCUT2D eigenvalue weighted by molar-refractivity contribution is 0.278. The van der Waals surface area contributed by atoms with Gasteiger partial charge in [0.15, 0.2) is 0 Å². The van der Waals surface area contributed by atoms with Crippen molar-refractivity contribution in [2.45, 2.75) is 0 Å². The first kappa shape index (κ1) is 25.5. The highest BCUT2D eigenvalue weighted by atomic mass is 16.7. The summed E-state index contributed by atoms with van der Waals surface area (Å²) in [6, 6.07) is 52.4. The zero-order valence-corrected chi connectivity index (χ0v) is 23.8. The molecule has 0 unspecified atom stereocenters. The second kappa shape index (κ2) is 10.3. The van der Waals surface area contributed by atoms with Gasteiger partial charge in [-0.3, -0.25) is 0 Å². The molecule has 0 spiro atoms. The van der Waals surface area contributed by atoms with Crippen molar-refractivity contribution in [2.75, 3.05) is 0 Å². The van der Waals surface area contributed by atoms with Crippen LogP contribution < -0.4 is 5.46 Å². The standard InChI is InChI=1S/C36H25B3N2O3/c1-2-13-26(14-3-1)27-15-12-16-28(25-27)37-42-38(40-33-21-8-4-17-29(33)30-18-5-9-22-34(30)40)44-39(43-37)41-35-23-10-6-19-31(35)32-20-7-11-24-36(32)41/h1-25H. The summed E-state index contributed by atoms with van der Waals surface area (Å²) in [5, 5.41) is 4.60. The Balaban J connectivity index is 1.24. The van der Waals surface area contributed by atoms with Crippen LogP contribution in [0.5, 0.6) is 0 Å². The van der Waals surface area contributed by atoms with Crippen LogP contribution in [0.2, 0.25) is 0 Å². The van der Waals surface area contributed by atoms with Crippen LogP contribution in [0.3, 0.4) is 0 Å². The molecule has 0 aliphatic carbocycles. The Morgan fingerprint density at radius 1 is 0.364 bits per heavy atom. The molecule has 1 aliphatic rings. The first-order chi connectivity index (χ1) is 21.8. The minimum Gasteiger partial charge on any atom is -0.428 e. The molecule has 0 amide bonds. The van der Waals surface area contributed by atoms with Crippen molar-refractivity contribution in [1.82, 2.24) is 8.96 Å². The lowest BCUT2D eigenvalue weighted by Crippen LogP contribution is -2.58. The maximum absolute atomic E-state index is 6.86. The Kier molecular flexibility index (Phi) is 5.98. The maximum atomic E-state index is 6.86. The molecule has 2 aromatic heterocycles. The second-order valence-electron chi connectivity index (χ2n) is 11.2. The zero-order chi connectivity index (χ0) is 29.0. The average Bonchev–Trinajstić information content (AvgIpc) is 3.62. The van der Waals surface area contributed by atoms with E-state index >= 15 is 0 Å². The van der Waals surface area contributed by atoms with Crippen molar-refractivity contribution in [3.63, 3.8) is 0 Å². The van der Waals surface area contributed by atoms with Gasteiger partial charge in [-0.15, -0.1) is 0 Å². The van der Waals surface area contributed by atoms with E-state index in [0.717, 1.165) is 60.2 Å². The second-order valence-corrected chi connectivity index (χ2v) is 11.2. The van der Waals surface area contributed by atoms with Gasteiger partial charge in [-0.05, 0) is 40.9 Å². The van der Waals surface area contributed by atoms with E-state index in [4.69, 9.17) is 13.7 Å². The topological polar surface area (TPSA) is 37.5 Å². The lowest BCUT2D eigenvalue weighted by Gasteiger charge is -2.32. The van der Waals surface area contributed by atoms with Gasteiger partial charge in [0.1, 0.15) is 0 Å². The highest BCUT2D eigenvalue weighted by Gasteiger charge is 2.47. The molecular formula is C36H25B3N2O3. The van der Waals surface area contributed by atoms with Gasteiger partial charge in [-0.1, -0.05) is 127 Å². The van der Waals surface area contributed by atoms with Crippen LogP contribution >= 0.6 is 0 Å². The smallest absolute Gasteiger partial charge is 0.428 e. The van der Waals surface area contributed by atoms with Gasteiger partial charge < -0.3 is 22.7 Å². The summed E-state index contributed by atoms with van der Waals surface area (Å²) in [5.74, 6) is 0. The first-order valence-electron chi connectivity index (χ1n) is 14.9. The molecule has 0 saturated carbocycles. The monoisotopic (exact) mass is 566 g/mol. The van der Waals surface area contributed by atoms with Crippen LogP contribution in [0.25, 0.3) is 54.7 Å². The van der Waals surface area contributed by atoms with Gasteiger partial charge in [0.05, 0.1) is 0 Å². The van der Waals surface area contributed by atoms with E-state index in [2.05, 4.69) is 155 Å². The molecule has 44 heavy (non-hydrogen) atoms. The fourth-order valence-corrected chi connectivity index (χ4v) is 6.66. The van der Waals surface area contributed by atoms with Crippen LogP contribution in [-0.2, 0) is 13.7 Å². The van der Waals surface area contributed by atoms with Crippen molar-refractivity contribution in [1.29, 1.82) is 0 Å². The van der Waals surface area contributed by atoms with E-state index in [1.165, 1.54) is 0 Å². The lowest BCUT2D eigenvalue weighted by atomic mass is 9.71. The van der Waals surface area contributed by atoms with Crippen LogP contribution in [0.4, 0.5) is 0 Å². The largest absolute Gasteiger partial charge is 0.572 e. The molecule has 8 aromatic rings. The Morgan fingerprint density at radius 3 is 1.25 bits per heavy atom. The Bertz CT molecular complexity index is 2090. The normalized spacial score (nSPS) is 14.0. The molecule has 9 rings (SSSR count). The number of hydrogen-bond donors (Lipinski definition) is 0. The Hall–Kier alpha value is -5.01. The molecule has 206 valence electrons. The average molecular weight is 566 g/mol. The molecule has 8 heteroatoms. The summed E-state index contributed by atoms with van der Waals surface area (Å²) in [6.45, 7) is 0. The number of nitrogens with zero attached hydrogens (tertiary/aromatic N) is 2. The molecule has 0 N–H and O–H groups in total. The van der Waals surface area contributed by atoms with Crippen LogP contribution in [0.15, 0.2) is 152 Å². The van der Waals surface area contributed by atoms with Crippen molar-refractivity contribution in [3.8, 4) is 11.1 Å². The van der Waals surface area contributed by atoms with Crippen molar-refractivity contribution in [3.05, 3.63) is 152 Å². The van der Waals surface area contributed by atoms with E-state index < -0.39 is 21.6 Å². The minimum atomic E-state index is -0.760. The third-order valence-electron chi connectivity index (χ3n) is 8.64. The zero-order valence-electron chi connectivity index (χ0n) is 23.8. The van der Waals surface area contributed by atoms with Gasteiger partial charge in [-0.25, -0.2) is 0 Å². The molecule has 1 saturated heterocycles. The quantitative estimate of drug-likeness (QED) is 0.209. The Labute approximate surface area is 255 Å². The highest BCUT2D eigenvalue weighted by molar-refractivity contribution is 6.79. The number of hydrogen-bond acceptors (Lipinski definition) is 3. The summed E-state index contributed by atoms with van der Waals surface area (Å²) in [6.07, 6.45) is 0. The van der Waals surface area contributed by atoms with Gasteiger partial charge in [0.2, 0.25) is 0 Å². The summed E-state index contributed by atoms with van der Waals surface area (Å²) in [5.41, 5.74) is 7.32. The van der Waals surface area contributed by atoms with E-state index in [1.807, 2.05) is 6.07 Å². The van der Waals surface area contributed by atoms with Crippen LogP contribution in [-0.4, -0.2) is 30.6 Å². The number of para-hydroxylation sites is 4. The molecule has 5 nitrogen and oxygen atoms in total. The van der Waals surface area contributed by atoms with Gasteiger partial charge in [0, 0.05) is 43.6 Å². The maximum Gasteiger partial charge on any atom is 0.572 e. The Morgan fingerprint density at radius 2 is 0.773 bits per heavy atom. The number of aromatic nitrogens is 2. The molecule has 1 fully saturated rings. The van der Waals surface area contributed by atoms with Gasteiger partial charge in [-0.2, -0.15) is 0 Å². The van der Waals surface area contributed by atoms with Crippen LogP contribution in [0, 0.1) is 0 Å². The molecule has 0 bridgehead atoms. The number of benzene rings is 6. The molecular weight excluding hydrogens is 541 g/mol. The first-order valence-corrected chi connectivity index (χ1v) is 14.9. The number of rotatable bonds is 4. The summed E-state index contributed by atoms with van der Waals surface area (Å²) in [7, 11) is -2.21. The fourth-order valence-electron chi connectivity index (χ4n) is 6.66. The fraction of sp³-hybridized carbons (Fsp3) is 0. The van der Waals surface area contributed by atoms with E-state index in [0.29, 0.717) is 0 Å². The predicted molar refractivity (Wildman–Crippen MR) is 182 cm³/mol. The van der Waals surface area contributed by atoms with Crippen LogP contribution in [0.1, 0.15) is 0 Å². The van der Waals surface area contributed by atoms with Gasteiger partial charge >= 0.3 is 21.6 Å². The third kappa shape index (κ3) is 4.03. The van der Waals surface area contributed by atoms with Crippen molar-refractivity contribution >= 4 is 70.7 Å². The molecule has 0 atom stereocenters. The van der Waals surface area contributed by atoms with E-state index in [1.54, 1.807) is 0 Å². The SMILES string of the molecule is c1ccc(-c2cccc(B3OB(n4c5ccccc5c5ccccc54)OB(n4c5ccccc5c5ccccc54)O3)c2)cc1. The van der Waals surface area contributed by atoms with E-state index in [-0.39, 0.29) is 0 Å². The highest BCUT2D eigenvalue weighted by Crippen LogP contribution is 2.33. The minimum absolute atomic E-state index is 0.692. The summed E-state index contributed by atoms with van der Waals surface area (Å²) in [4.78, 5) is 0. The molecule has 3 heterocycles. The summed E-state index contributed by atoms with van der Waals surface area (Å²) >= 11 is 0. The van der Waals surface area contributed by atoms with Gasteiger partial charge in [0.25, 0.3) is 0 Å². The summed E-state index contributed by atoms with van der Waals surface area (Å²) < 4.78 is 24.7. The number of fused-ring (bicyclic) bond motifs is 6. The van der Waals surface area contributed by atoms with Crippen molar-refractivity contribution in [2.24, 2.45) is 0 Å². The van der Waals surface area contributed by atoms with E-state index in [9.17, 15) is 0 Å². The third-order valence-corrected chi connectivity index (χ3v) is 8.64. The predicted octanol–water partition coefficient (Wildman–Crippen LogP) is 7.39. The van der Waals surface area contributed by atoms with Crippen molar-refractivity contribution < 1.29 is 13.7 Å². The molecule has 1 aliphatic heterocycles. The molecule has 0 radical (unpaired) electrons. The molecule has 6 aromatic carbocycles.